The van der Waals surface area contributed by atoms with Crippen LogP contribution in [0, 0.1) is 0 Å². The lowest BCUT2D eigenvalue weighted by molar-refractivity contribution is 0.0184. The number of likely N-dealkylation sites (tertiary alicyclic amines) is 1. The Kier molecular flexibility index (Phi) is 8.14. The highest BCUT2D eigenvalue weighted by Gasteiger charge is 2.28. The number of carbonyl (C=O) groups is 2. The predicted molar refractivity (Wildman–Crippen MR) is 158 cm³/mol. The number of hydrogen-bond acceptors (Lipinski definition) is 11. The highest BCUT2D eigenvalue weighted by molar-refractivity contribution is 5.98. The third-order valence-electron chi connectivity index (χ3n) is 6.71. The topological polar surface area (TPSA) is 180 Å². The first kappa shape index (κ1) is 29.3. The van der Waals surface area contributed by atoms with Gasteiger partial charge in [0.25, 0.3) is 5.91 Å². The molecular formula is C28H35N11O4. The number of nitrogens with zero attached hydrogens (tertiary/aromatic N) is 8. The van der Waals surface area contributed by atoms with E-state index in [0.29, 0.717) is 41.6 Å². The van der Waals surface area contributed by atoms with Crippen LogP contribution in [0.1, 0.15) is 50.0 Å². The summed E-state index contributed by atoms with van der Waals surface area (Å²) in [7, 11) is 3.31. The molecule has 0 aliphatic carbocycles. The van der Waals surface area contributed by atoms with Crippen LogP contribution in [0.25, 0.3) is 11.4 Å². The van der Waals surface area contributed by atoms with Gasteiger partial charge in [-0.25, -0.2) is 14.8 Å². The number of aryl methyl sites for hydroxylation is 1. The molecule has 2 amide bonds. The second-order valence-electron chi connectivity index (χ2n) is 11.1. The maximum absolute atomic E-state index is 12.4. The Morgan fingerprint density at radius 1 is 1.09 bits per heavy atom. The molecule has 0 saturated carbocycles. The van der Waals surface area contributed by atoms with Gasteiger partial charge in [0.05, 0.1) is 36.3 Å². The molecule has 0 unspecified atom stereocenters. The van der Waals surface area contributed by atoms with Crippen LogP contribution >= 0.6 is 0 Å². The zero-order valence-corrected chi connectivity index (χ0v) is 24.7. The van der Waals surface area contributed by atoms with Crippen LogP contribution in [0.4, 0.5) is 27.9 Å². The predicted octanol–water partition coefficient (Wildman–Crippen LogP) is 3.64. The fourth-order valence-corrected chi connectivity index (χ4v) is 4.71. The number of primary amides is 1. The number of ether oxygens (including phenoxy) is 2. The number of methoxy groups -OCH3 is 1. The number of nitrogens with two attached hydrogens (primary N) is 1. The van der Waals surface area contributed by atoms with Gasteiger partial charge < -0.3 is 30.7 Å². The summed E-state index contributed by atoms with van der Waals surface area (Å²) in [6, 6.07) is 5.55. The quantitative estimate of drug-likeness (QED) is 0.273. The summed E-state index contributed by atoms with van der Waals surface area (Å²) in [6.07, 6.45) is 7.67. The molecule has 5 rings (SSSR count). The largest absolute Gasteiger partial charge is 0.494 e. The molecule has 4 heterocycles. The summed E-state index contributed by atoms with van der Waals surface area (Å²) in [6.45, 7) is 6.73. The minimum atomic E-state index is -0.693. The molecule has 0 atom stereocenters. The molecule has 4 N–H and O–H groups in total. The molecular weight excluding hydrogens is 554 g/mol. The van der Waals surface area contributed by atoms with Gasteiger partial charge in [-0.15, -0.1) is 0 Å². The number of aromatic nitrogens is 7. The Bertz CT molecular complexity index is 1620. The normalized spacial score (nSPS) is 13.9. The third-order valence-corrected chi connectivity index (χ3v) is 6.71. The number of nitrogens with one attached hydrogen (secondary N) is 2. The molecule has 1 aliphatic rings. The number of hydrogen-bond donors (Lipinski definition) is 3. The second kappa shape index (κ2) is 12.0. The molecule has 1 fully saturated rings. The minimum absolute atomic E-state index is 0.0985. The van der Waals surface area contributed by atoms with Crippen molar-refractivity contribution in [2.75, 3.05) is 30.8 Å². The number of carbonyl (C=O) groups excluding carboxylic acids is 2. The average molecular weight is 590 g/mol. The van der Waals surface area contributed by atoms with E-state index >= 15 is 0 Å². The lowest BCUT2D eigenvalue weighted by Crippen LogP contribution is -2.42. The molecule has 226 valence electrons. The molecule has 15 nitrogen and oxygen atoms in total. The van der Waals surface area contributed by atoms with E-state index in [2.05, 4.69) is 35.8 Å². The van der Waals surface area contributed by atoms with E-state index in [9.17, 15) is 9.59 Å². The lowest BCUT2D eigenvalue weighted by Gasteiger charge is -2.33. The molecule has 0 radical (unpaired) electrons. The van der Waals surface area contributed by atoms with Gasteiger partial charge in [0.15, 0.2) is 11.6 Å². The zero-order chi connectivity index (χ0) is 30.7. The van der Waals surface area contributed by atoms with Gasteiger partial charge in [-0.05, 0) is 45.7 Å². The number of para-hydroxylation sites is 1. The summed E-state index contributed by atoms with van der Waals surface area (Å²) < 4.78 is 14.6. The van der Waals surface area contributed by atoms with Gasteiger partial charge in [-0.3, -0.25) is 14.2 Å². The highest BCUT2D eigenvalue weighted by atomic mass is 16.6. The molecule has 1 saturated heterocycles. The maximum atomic E-state index is 12.4. The van der Waals surface area contributed by atoms with Crippen molar-refractivity contribution in [3.63, 3.8) is 0 Å². The number of anilines is 4. The Balaban J connectivity index is 1.31. The fraction of sp³-hybridized carbons (Fsp3) is 0.393. The number of piperidine rings is 1. The molecule has 43 heavy (non-hydrogen) atoms. The minimum Gasteiger partial charge on any atom is -0.494 e. The molecule has 15 heteroatoms. The summed E-state index contributed by atoms with van der Waals surface area (Å²) in [5, 5.41) is 15.2. The summed E-state index contributed by atoms with van der Waals surface area (Å²) in [4.78, 5) is 39.5. The van der Waals surface area contributed by atoms with Gasteiger partial charge in [0.1, 0.15) is 23.3 Å². The van der Waals surface area contributed by atoms with E-state index in [1.54, 1.807) is 35.2 Å². The summed E-state index contributed by atoms with van der Waals surface area (Å²) >= 11 is 0. The van der Waals surface area contributed by atoms with Gasteiger partial charge >= 0.3 is 6.09 Å². The second-order valence-corrected chi connectivity index (χ2v) is 11.1. The maximum Gasteiger partial charge on any atom is 0.410 e. The van der Waals surface area contributed by atoms with Gasteiger partial charge in [0, 0.05) is 32.5 Å². The van der Waals surface area contributed by atoms with E-state index in [0.717, 1.165) is 12.8 Å². The molecule has 0 spiro atoms. The number of amides is 2. The summed E-state index contributed by atoms with van der Waals surface area (Å²) in [5.41, 5.74) is 7.05. The van der Waals surface area contributed by atoms with Crippen LogP contribution in [-0.2, 0) is 11.8 Å². The van der Waals surface area contributed by atoms with Gasteiger partial charge in [0.2, 0.25) is 5.95 Å². The van der Waals surface area contributed by atoms with Crippen molar-refractivity contribution in [2.24, 2.45) is 12.8 Å². The van der Waals surface area contributed by atoms with Crippen molar-refractivity contribution < 1.29 is 19.1 Å². The van der Waals surface area contributed by atoms with E-state index in [1.165, 1.54) is 13.3 Å². The van der Waals surface area contributed by atoms with Crippen LogP contribution in [0.3, 0.4) is 0 Å². The number of benzene rings is 1. The van der Waals surface area contributed by atoms with Crippen LogP contribution in [0.5, 0.6) is 5.75 Å². The zero-order valence-electron chi connectivity index (χ0n) is 24.7. The van der Waals surface area contributed by atoms with E-state index in [1.807, 2.05) is 43.8 Å². The molecule has 1 aromatic carbocycles. The van der Waals surface area contributed by atoms with Crippen LogP contribution in [0.2, 0.25) is 0 Å². The Morgan fingerprint density at radius 2 is 1.86 bits per heavy atom. The standard InChI is InChI=1S/C28H35N11O4/c1-28(2,3)43-27(41)38-11-9-18(10-12-38)39-15-17(13-32-39)33-26-30-14-20(23(29)40)25(35-26)34-21-8-6-7-19(22(21)42-5)24-31-16-37(4)36-24/h6-8,13-16,18H,9-12H2,1-5H3,(H2,29,40)(H2,30,33,34,35). The fourth-order valence-electron chi connectivity index (χ4n) is 4.71. The smallest absolute Gasteiger partial charge is 0.410 e. The SMILES string of the molecule is COc1c(Nc2nc(Nc3cnn(C4CCN(C(=O)OC(C)(C)C)CC4)c3)ncc2C(N)=O)cccc1-c1ncn(C)n1. The van der Waals surface area contributed by atoms with Crippen molar-refractivity contribution in [1.82, 2.24) is 39.4 Å². The summed E-state index contributed by atoms with van der Waals surface area (Å²) in [5.74, 6) is 0.678. The van der Waals surface area contributed by atoms with Crippen molar-refractivity contribution in [1.29, 1.82) is 0 Å². The van der Waals surface area contributed by atoms with Crippen LogP contribution in [-0.4, -0.2) is 77.2 Å². The van der Waals surface area contributed by atoms with Gasteiger partial charge in [-0.2, -0.15) is 15.2 Å². The van der Waals surface area contributed by atoms with Crippen LogP contribution in [0.15, 0.2) is 43.1 Å². The first-order chi connectivity index (χ1) is 20.5. The average Bonchev–Trinajstić information content (AvgIpc) is 3.61. The molecule has 4 aromatic rings. The van der Waals surface area contributed by atoms with Crippen molar-refractivity contribution in [2.45, 2.75) is 45.3 Å². The van der Waals surface area contributed by atoms with E-state index in [-0.39, 0.29) is 29.5 Å². The monoisotopic (exact) mass is 589 g/mol. The molecule has 0 bridgehead atoms. The first-order valence-electron chi connectivity index (χ1n) is 13.8. The van der Waals surface area contributed by atoms with Gasteiger partial charge in [-0.1, -0.05) is 6.07 Å². The lowest BCUT2D eigenvalue weighted by atomic mass is 10.1. The third kappa shape index (κ3) is 6.82. The Hall–Kier alpha value is -5.21. The van der Waals surface area contributed by atoms with Crippen molar-refractivity contribution in [3.8, 4) is 17.1 Å². The molecule has 3 aromatic heterocycles. The van der Waals surface area contributed by atoms with Crippen molar-refractivity contribution >= 4 is 35.1 Å². The Morgan fingerprint density at radius 3 is 2.51 bits per heavy atom. The van der Waals surface area contributed by atoms with E-state index in [4.69, 9.17) is 15.2 Å². The number of rotatable bonds is 8. The van der Waals surface area contributed by atoms with Crippen molar-refractivity contribution in [3.05, 3.63) is 48.7 Å². The van der Waals surface area contributed by atoms with Crippen LogP contribution < -0.4 is 21.1 Å². The molecule has 1 aliphatic heterocycles. The van der Waals surface area contributed by atoms with E-state index < -0.39 is 11.5 Å². The Labute approximate surface area is 248 Å². The first-order valence-corrected chi connectivity index (χ1v) is 13.8. The highest BCUT2D eigenvalue weighted by Crippen LogP contribution is 2.36.